The van der Waals surface area contributed by atoms with Crippen LogP contribution in [0.15, 0.2) is 12.1 Å². The lowest BCUT2D eigenvalue weighted by Gasteiger charge is -2.15. The van der Waals surface area contributed by atoms with E-state index in [1.807, 2.05) is 6.07 Å². The maximum atomic E-state index is 6.01. The Kier molecular flexibility index (Phi) is 4.74. The molecule has 0 unspecified atom stereocenters. The topological polar surface area (TPSA) is 30.5 Å². The minimum absolute atomic E-state index is 0.550. The van der Waals surface area contributed by atoms with Gasteiger partial charge in [-0.05, 0) is 5.92 Å². The predicted octanol–water partition coefficient (Wildman–Crippen LogP) is 3.43. The van der Waals surface area contributed by atoms with Crippen LogP contribution in [0.4, 0.5) is 5.69 Å². The number of ether oxygens (including phenoxy) is 2. The molecule has 3 nitrogen and oxygen atoms in total. The van der Waals surface area contributed by atoms with Gasteiger partial charge >= 0.3 is 0 Å². The van der Waals surface area contributed by atoms with Gasteiger partial charge in [0.15, 0.2) is 0 Å². The van der Waals surface area contributed by atoms with Crippen molar-refractivity contribution in [1.29, 1.82) is 0 Å². The quantitative estimate of drug-likeness (QED) is 0.860. The standard InChI is InChI=1S/C12H18ClNO2/c1-8(2)7-14-10-6-11(15-3)9(13)5-12(10)16-4/h5-6,8,14H,7H2,1-4H3. The summed E-state index contributed by atoms with van der Waals surface area (Å²) in [7, 11) is 3.22. The van der Waals surface area contributed by atoms with Gasteiger partial charge in [-0.3, -0.25) is 0 Å². The lowest BCUT2D eigenvalue weighted by Crippen LogP contribution is -2.09. The molecular formula is C12H18ClNO2. The van der Waals surface area contributed by atoms with Crippen LogP contribution in [0.5, 0.6) is 11.5 Å². The summed E-state index contributed by atoms with van der Waals surface area (Å²) in [6, 6.07) is 3.60. The Morgan fingerprint density at radius 3 is 2.31 bits per heavy atom. The van der Waals surface area contributed by atoms with Gasteiger partial charge in [-0.2, -0.15) is 0 Å². The normalized spacial score (nSPS) is 10.4. The fourth-order valence-corrected chi connectivity index (χ4v) is 1.54. The highest BCUT2D eigenvalue weighted by Gasteiger charge is 2.09. The monoisotopic (exact) mass is 243 g/mol. The lowest BCUT2D eigenvalue weighted by molar-refractivity contribution is 0.404. The van der Waals surface area contributed by atoms with E-state index in [1.54, 1.807) is 20.3 Å². The van der Waals surface area contributed by atoms with Crippen molar-refractivity contribution >= 4 is 17.3 Å². The summed E-state index contributed by atoms with van der Waals surface area (Å²) in [5.41, 5.74) is 0.900. The van der Waals surface area contributed by atoms with Crippen molar-refractivity contribution in [1.82, 2.24) is 0 Å². The van der Waals surface area contributed by atoms with Gasteiger partial charge in [0, 0.05) is 18.7 Å². The van der Waals surface area contributed by atoms with Crippen LogP contribution < -0.4 is 14.8 Å². The molecule has 0 heterocycles. The minimum Gasteiger partial charge on any atom is -0.495 e. The minimum atomic E-state index is 0.550. The molecule has 0 bridgehead atoms. The van der Waals surface area contributed by atoms with E-state index in [0.717, 1.165) is 18.0 Å². The first kappa shape index (κ1) is 13.0. The van der Waals surface area contributed by atoms with E-state index in [0.29, 0.717) is 16.7 Å². The summed E-state index contributed by atoms with van der Waals surface area (Å²) in [5, 5.41) is 3.85. The van der Waals surface area contributed by atoms with Crippen LogP contribution in [0.2, 0.25) is 5.02 Å². The highest BCUT2D eigenvalue weighted by atomic mass is 35.5. The third kappa shape index (κ3) is 3.20. The average molecular weight is 244 g/mol. The van der Waals surface area contributed by atoms with Gasteiger partial charge in [0.1, 0.15) is 11.5 Å². The van der Waals surface area contributed by atoms with Gasteiger partial charge in [-0.25, -0.2) is 0 Å². The summed E-state index contributed by atoms with van der Waals surface area (Å²) in [4.78, 5) is 0. The first-order valence-corrected chi connectivity index (χ1v) is 5.61. The van der Waals surface area contributed by atoms with E-state index in [9.17, 15) is 0 Å². The van der Waals surface area contributed by atoms with Crippen LogP contribution in [0, 0.1) is 5.92 Å². The second-order valence-electron chi connectivity index (χ2n) is 3.96. The molecule has 1 rings (SSSR count). The molecule has 16 heavy (non-hydrogen) atoms. The van der Waals surface area contributed by atoms with Crippen molar-refractivity contribution in [2.75, 3.05) is 26.1 Å². The molecule has 0 aromatic heterocycles. The van der Waals surface area contributed by atoms with Crippen molar-refractivity contribution in [3.05, 3.63) is 17.2 Å². The molecule has 0 amide bonds. The Morgan fingerprint density at radius 2 is 1.81 bits per heavy atom. The number of methoxy groups -OCH3 is 2. The van der Waals surface area contributed by atoms with Crippen molar-refractivity contribution in [2.24, 2.45) is 5.92 Å². The van der Waals surface area contributed by atoms with E-state index < -0.39 is 0 Å². The van der Waals surface area contributed by atoms with Crippen molar-refractivity contribution in [3.8, 4) is 11.5 Å². The Bertz CT molecular complexity index is 353. The molecule has 4 heteroatoms. The SMILES string of the molecule is COc1cc(NCC(C)C)c(OC)cc1Cl. The number of anilines is 1. The molecule has 0 aliphatic rings. The zero-order chi connectivity index (χ0) is 12.1. The zero-order valence-corrected chi connectivity index (χ0v) is 10.9. The fourth-order valence-electron chi connectivity index (χ4n) is 1.31. The molecule has 0 saturated heterocycles. The summed E-state index contributed by atoms with van der Waals surface area (Å²) in [6.07, 6.45) is 0. The number of rotatable bonds is 5. The molecule has 0 aliphatic heterocycles. The van der Waals surface area contributed by atoms with Gasteiger partial charge in [-0.1, -0.05) is 25.4 Å². The van der Waals surface area contributed by atoms with Crippen LogP contribution >= 0.6 is 11.6 Å². The van der Waals surface area contributed by atoms with Gasteiger partial charge < -0.3 is 14.8 Å². The third-order valence-corrected chi connectivity index (χ3v) is 2.47. The Hall–Kier alpha value is -1.09. The molecule has 1 aromatic rings. The summed E-state index contributed by atoms with van der Waals surface area (Å²) in [5.74, 6) is 1.94. The van der Waals surface area contributed by atoms with E-state index in [4.69, 9.17) is 21.1 Å². The summed E-state index contributed by atoms with van der Waals surface area (Å²) in [6.45, 7) is 5.17. The van der Waals surface area contributed by atoms with Gasteiger partial charge in [-0.15, -0.1) is 0 Å². The Balaban J connectivity index is 2.95. The van der Waals surface area contributed by atoms with Crippen LogP contribution in [-0.4, -0.2) is 20.8 Å². The van der Waals surface area contributed by atoms with E-state index in [-0.39, 0.29) is 0 Å². The molecule has 0 fully saturated rings. The van der Waals surface area contributed by atoms with E-state index in [2.05, 4.69) is 19.2 Å². The highest BCUT2D eigenvalue weighted by Crippen LogP contribution is 2.35. The molecular weight excluding hydrogens is 226 g/mol. The number of hydrogen-bond donors (Lipinski definition) is 1. The summed E-state index contributed by atoms with van der Waals surface area (Å²) < 4.78 is 10.4. The summed E-state index contributed by atoms with van der Waals surface area (Å²) >= 11 is 6.01. The molecule has 1 N–H and O–H groups in total. The fraction of sp³-hybridized carbons (Fsp3) is 0.500. The maximum Gasteiger partial charge on any atom is 0.143 e. The third-order valence-electron chi connectivity index (χ3n) is 2.17. The Labute approximate surface area is 102 Å². The number of benzene rings is 1. The average Bonchev–Trinajstić information content (AvgIpc) is 2.26. The van der Waals surface area contributed by atoms with Crippen LogP contribution in [0.1, 0.15) is 13.8 Å². The zero-order valence-electron chi connectivity index (χ0n) is 10.1. The van der Waals surface area contributed by atoms with Gasteiger partial charge in [0.05, 0.1) is 24.9 Å². The lowest BCUT2D eigenvalue weighted by atomic mass is 10.2. The number of halogens is 1. The van der Waals surface area contributed by atoms with Crippen molar-refractivity contribution in [2.45, 2.75) is 13.8 Å². The van der Waals surface area contributed by atoms with E-state index in [1.165, 1.54) is 0 Å². The second kappa shape index (κ2) is 5.85. The second-order valence-corrected chi connectivity index (χ2v) is 4.37. The predicted molar refractivity (Wildman–Crippen MR) is 67.9 cm³/mol. The van der Waals surface area contributed by atoms with Crippen molar-refractivity contribution < 1.29 is 9.47 Å². The van der Waals surface area contributed by atoms with Crippen LogP contribution in [0.3, 0.4) is 0 Å². The van der Waals surface area contributed by atoms with Crippen molar-refractivity contribution in [3.63, 3.8) is 0 Å². The largest absolute Gasteiger partial charge is 0.495 e. The molecule has 0 spiro atoms. The maximum absolute atomic E-state index is 6.01. The molecule has 0 saturated carbocycles. The molecule has 1 aromatic carbocycles. The van der Waals surface area contributed by atoms with Gasteiger partial charge in [0.25, 0.3) is 0 Å². The molecule has 0 aliphatic carbocycles. The van der Waals surface area contributed by atoms with E-state index >= 15 is 0 Å². The first-order chi connectivity index (χ1) is 7.58. The Morgan fingerprint density at radius 1 is 1.19 bits per heavy atom. The molecule has 90 valence electrons. The van der Waals surface area contributed by atoms with Crippen LogP contribution in [-0.2, 0) is 0 Å². The highest BCUT2D eigenvalue weighted by molar-refractivity contribution is 6.32. The van der Waals surface area contributed by atoms with Gasteiger partial charge in [0.2, 0.25) is 0 Å². The molecule has 0 atom stereocenters. The smallest absolute Gasteiger partial charge is 0.143 e. The number of nitrogens with one attached hydrogen (secondary N) is 1. The number of hydrogen-bond acceptors (Lipinski definition) is 3. The first-order valence-electron chi connectivity index (χ1n) is 5.23. The van der Waals surface area contributed by atoms with Crippen LogP contribution in [0.25, 0.3) is 0 Å². The molecule has 0 radical (unpaired) electrons.